The predicted octanol–water partition coefficient (Wildman–Crippen LogP) is 2.71. The molecule has 2 aromatic rings. The van der Waals surface area contributed by atoms with Gasteiger partial charge in [-0.05, 0) is 46.6 Å². The molecule has 112 valence electrons. The maximum absolute atomic E-state index is 11.7. The highest BCUT2D eigenvalue weighted by molar-refractivity contribution is 9.10. The Balaban J connectivity index is 1.73. The fourth-order valence-electron chi connectivity index (χ4n) is 1.64. The average Bonchev–Trinajstić information content (AvgIpc) is 3.11. The van der Waals surface area contributed by atoms with Crippen LogP contribution >= 0.6 is 27.3 Å². The highest BCUT2D eigenvalue weighted by Crippen LogP contribution is 2.16. The molecule has 2 aromatic heterocycles. The van der Waals surface area contributed by atoms with Gasteiger partial charge in [-0.25, -0.2) is 0 Å². The molecule has 0 saturated heterocycles. The molecule has 2 rings (SSSR count). The largest absolute Gasteiger partial charge is 0.444 e. The van der Waals surface area contributed by atoms with E-state index in [4.69, 9.17) is 4.42 Å². The lowest BCUT2D eigenvalue weighted by atomic mass is 10.3. The van der Waals surface area contributed by atoms with Crippen molar-refractivity contribution in [3.05, 3.63) is 44.4 Å². The van der Waals surface area contributed by atoms with Gasteiger partial charge in [0.05, 0.1) is 13.1 Å². The summed E-state index contributed by atoms with van der Waals surface area (Å²) in [6, 6.07) is 7.22. The molecule has 0 spiro atoms. The van der Waals surface area contributed by atoms with Gasteiger partial charge in [-0.2, -0.15) is 0 Å². The molecule has 0 saturated carbocycles. The molecule has 21 heavy (non-hydrogen) atoms. The van der Waals surface area contributed by atoms with E-state index in [9.17, 15) is 9.59 Å². The molecule has 5 nitrogen and oxygen atoms in total. The molecule has 0 atom stereocenters. The predicted molar refractivity (Wildman–Crippen MR) is 84.3 cm³/mol. The van der Waals surface area contributed by atoms with Gasteiger partial charge in [0.2, 0.25) is 5.91 Å². The quantitative estimate of drug-likeness (QED) is 0.820. The van der Waals surface area contributed by atoms with E-state index in [0.717, 1.165) is 11.3 Å². The molecule has 0 fully saturated rings. The van der Waals surface area contributed by atoms with Crippen molar-refractivity contribution >= 4 is 39.1 Å². The zero-order valence-corrected chi connectivity index (χ0v) is 13.8. The summed E-state index contributed by atoms with van der Waals surface area (Å²) in [4.78, 5) is 25.7. The van der Waals surface area contributed by atoms with Crippen LogP contribution in [0.5, 0.6) is 0 Å². The van der Waals surface area contributed by atoms with Crippen LogP contribution in [0.25, 0.3) is 0 Å². The van der Waals surface area contributed by atoms with Crippen LogP contribution in [0, 0.1) is 0 Å². The van der Waals surface area contributed by atoms with Gasteiger partial charge in [0.25, 0.3) is 5.91 Å². The smallest absolute Gasteiger partial charge is 0.287 e. The second-order valence-corrected chi connectivity index (χ2v) is 6.32. The summed E-state index contributed by atoms with van der Waals surface area (Å²) in [5.41, 5.74) is 0. The lowest BCUT2D eigenvalue weighted by Crippen LogP contribution is -2.36. The van der Waals surface area contributed by atoms with E-state index >= 15 is 0 Å². The van der Waals surface area contributed by atoms with Gasteiger partial charge in [0.1, 0.15) is 0 Å². The fourth-order valence-corrected chi connectivity index (χ4v) is 2.84. The van der Waals surface area contributed by atoms with Crippen molar-refractivity contribution in [2.24, 2.45) is 0 Å². The van der Waals surface area contributed by atoms with Crippen LogP contribution in [0.4, 0.5) is 0 Å². The number of aryl methyl sites for hydroxylation is 1. The van der Waals surface area contributed by atoms with E-state index in [2.05, 4.69) is 39.6 Å². The summed E-state index contributed by atoms with van der Waals surface area (Å²) in [5, 5.41) is 5.27. The van der Waals surface area contributed by atoms with Crippen LogP contribution in [-0.4, -0.2) is 18.4 Å². The first-order valence-corrected chi connectivity index (χ1v) is 8.07. The Labute approximate surface area is 134 Å². The van der Waals surface area contributed by atoms with E-state index in [1.807, 2.05) is 6.07 Å². The second kappa shape index (κ2) is 7.42. The minimum absolute atomic E-state index is 0.0802. The van der Waals surface area contributed by atoms with Gasteiger partial charge < -0.3 is 15.1 Å². The summed E-state index contributed by atoms with van der Waals surface area (Å²) < 4.78 is 5.57. The van der Waals surface area contributed by atoms with E-state index in [1.54, 1.807) is 17.4 Å². The van der Waals surface area contributed by atoms with Gasteiger partial charge in [0.15, 0.2) is 10.4 Å². The number of hydrogen-bond donors (Lipinski definition) is 2. The molecule has 0 radical (unpaired) electrons. The molecule has 0 bridgehead atoms. The number of amides is 2. The Morgan fingerprint density at radius 3 is 2.57 bits per heavy atom. The highest BCUT2D eigenvalue weighted by atomic mass is 79.9. The lowest BCUT2D eigenvalue weighted by molar-refractivity contribution is -0.120. The number of carbonyl (C=O) groups is 2. The first-order chi connectivity index (χ1) is 10.1. The van der Waals surface area contributed by atoms with Gasteiger partial charge >= 0.3 is 0 Å². The number of thiophene rings is 1. The summed E-state index contributed by atoms with van der Waals surface area (Å²) in [5.74, 6) is -0.485. The van der Waals surface area contributed by atoms with E-state index in [-0.39, 0.29) is 18.2 Å². The monoisotopic (exact) mass is 370 g/mol. The molecular weight excluding hydrogens is 356 g/mol. The topological polar surface area (TPSA) is 71.3 Å². The van der Waals surface area contributed by atoms with Crippen LogP contribution in [-0.2, 0) is 17.8 Å². The van der Waals surface area contributed by atoms with E-state index < -0.39 is 5.91 Å². The molecule has 0 aliphatic rings. The SMILES string of the molecule is CCc1ccc(CNC(=O)CNC(=O)c2ccc(Br)o2)s1. The van der Waals surface area contributed by atoms with Gasteiger partial charge in [-0.1, -0.05) is 6.92 Å². The first-order valence-electron chi connectivity index (χ1n) is 6.46. The molecule has 2 heterocycles. The summed E-state index contributed by atoms with van der Waals surface area (Å²) in [6.07, 6.45) is 0.993. The van der Waals surface area contributed by atoms with Crippen LogP contribution in [0.1, 0.15) is 27.2 Å². The van der Waals surface area contributed by atoms with Crippen LogP contribution < -0.4 is 10.6 Å². The van der Waals surface area contributed by atoms with Crippen LogP contribution in [0.15, 0.2) is 33.4 Å². The van der Waals surface area contributed by atoms with E-state index in [1.165, 1.54) is 10.9 Å². The maximum atomic E-state index is 11.7. The third kappa shape index (κ3) is 4.71. The molecule has 7 heteroatoms. The van der Waals surface area contributed by atoms with Crippen molar-refractivity contribution in [2.75, 3.05) is 6.54 Å². The van der Waals surface area contributed by atoms with Crippen molar-refractivity contribution in [1.29, 1.82) is 0 Å². The number of hydrogen-bond acceptors (Lipinski definition) is 4. The number of furan rings is 1. The van der Waals surface area contributed by atoms with Crippen LogP contribution in [0.2, 0.25) is 0 Å². The Bertz CT molecular complexity index is 636. The van der Waals surface area contributed by atoms with Crippen molar-refractivity contribution in [1.82, 2.24) is 10.6 Å². The van der Waals surface area contributed by atoms with Crippen molar-refractivity contribution < 1.29 is 14.0 Å². The first kappa shape index (κ1) is 15.8. The third-order valence-electron chi connectivity index (χ3n) is 2.73. The minimum Gasteiger partial charge on any atom is -0.444 e. The average molecular weight is 371 g/mol. The molecule has 0 aromatic carbocycles. The standard InChI is InChI=1S/C14H15BrN2O3S/c1-2-9-3-4-10(21-9)7-16-13(18)8-17-14(19)11-5-6-12(15)20-11/h3-6H,2,7-8H2,1H3,(H,16,18)(H,17,19). The van der Waals surface area contributed by atoms with Gasteiger partial charge in [0, 0.05) is 9.75 Å². The summed E-state index contributed by atoms with van der Waals surface area (Å²) >= 11 is 4.79. The molecule has 0 aliphatic carbocycles. The summed E-state index contributed by atoms with van der Waals surface area (Å²) in [7, 11) is 0. The Kier molecular flexibility index (Phi) is 5.58. The van der Waals surface area contributed by atoms with Crippen molar-refractivity contribution in [2.45, 2.75) is 19.9 Å². The summed E-state index contributed by atoms with van der Waals surface area (Å²) in [6.45, 7) is 2.49. The van der Waals surface area contributed by atoms with Crippen LogP contribution in [0.3, 0.4) is 0 Å². The zero-order valence-electron chi connectivity index (χ0n) is 11.4. The molecular formula is C14H15BrN2O3S. The highest BCUT2D eigenvalue weighted by Gasteiger charge is 2.11. The Morgan fingerprint density at radius 2 is 1.95 bits per heavy atom. The molecule has 2 amide bonds. The zero-order chi connectivity index (χ0) is 15.2. The molecule has 0 aliphatic heterocycles. The van der Waals surface area contributed by atoms with Crippen molar-refractivity contribution in [3.8, 4) is 0 Å². The Hall–Kier alpha value is -1.60. The molecule has 2 N–H and O–H groups in total. The number of rotatable bonds is 6. The fraction of sp³-hybridized carbons (Fsp3) is 0.286. The number of halogens is 1. The van der Waals surface area contributed by atoms with Gasteiger partial charge in [-0.15, -0.1) is 11.3 Å². The number of nitrogens with one attached hydrogen (secondary N) is 2. The van der Waals surface area contributed by atoms with Gasteiger partial charge in [-0.3, -0.25) is 9.59 Å². The second-order valence-electron chi connectivity index (χ2n) is 4.28. The normalized spacial score (nSPS) is 10.4. The lowest BCUT2D eigenvalue weighted by Gasteiger charge is -2.04. The number of carbonyl (C=O) groups excluding carboxylic acids is 2. The minimum atomic E-state index is -0.416. The molecule has 0 unspecified atom stereocenters. The third-order valence-corrected chi connectivity index (χ3v) is 4.39. The van der Waals surface area contributed by atoms with E-state index in [0.29, 0.717) is 11.2 Å². The Morgan fingerprint density at radius 1 is 1.19 bits per heavy atom. The van der Waals surface area contributed by atoms with Crippen molar-refractivity contribution in [3.63, 3.8) is 0 Å². The maximum Gasteiger partial charge on any atom is 0.287 e.